The summed E-state index contributed by atoms with van der Waals surface area (Å²) < 4.78 is 5.63. The van der Waals surface area contributed by atoms with Crippen molar-refractivity contribution in [1.29, 1.82) is 0 Å². The van der Waals surface area contributed by atoms with Gasteiger partial charge in [0.05, 0.1) is 5.88 Å². The average molecular weight is 277 g/mol. The van der Waals surface area contributed by atoms with Crippen molar-refractivity contribution >= 4 is 11.6 Å². The van der Waals surface area contributed by atoms with Gasteiger partial charge in [0.2, 0.25) is 0 Å². The van der Waals surface area contributed by atoms with Gasteiger partial charge in [-0.15, -0.1) is 11.6 Å². The number of halogens is 1. The first kappa shape index (κ1) is 13.8. The molecule has 0 atom stereocenters. The molecule has 0 spiro atoms. The van der Waals surface area contributed by atoms with Crippen molar-refractivity contribution in [3.63, 3.8) is 0 Å². The number of rotatable bonds is 4. The number of benzene rings is 1. The fraction of sp³-hybridized carbons (Fsp3) is 0.333. The van der Waals surface area contributed by atoms with Gasteiger partial charge in [-0.25, -0.2) is 4.98 Å². The first-order chi connectivity index (χ1) is 9.10. The topological polar surface area (TPSA) is 35.0 Å². The summed E-state index contributed by atoms with van der Waals surface area (Å²) in [5.41, 5.74) is 3.05. The van der Waals surface area contributed by atoms with E-state index in [1.165, 1.54) is 5.56 Å². The first-order valence-corrected chi connectivity index (χ1v) is 6.80. The lowest BCUT2D eigenvalue weighted by molar-refractivity contribution is 0.439. The van der Waals surface area contributed by atoms with E-state index in [0.29, 0.717) is 17.8 Å². The van der Waals surface area contributed by atoms with E-state index in [-0.39, 0.29) is 0 Å². The maximum atomic E-state index is 5.77. The van der Waals surface area contributed by atoms with Crippen LogP contribution in [-0.4, -0.2) is 9.97 Å². The standard InChI is InChI=1S/C15H17ClN2O/c1-10(2)12-4-6-14(7-5-12)19-15-17-9-13(8-16)11(3)18-15/h4-7,9-10H,8H2,1-3H3. The molecule has 0 aliphatic carbocycles. The molecule has 1 aromatic heterocycles. The Labute approximate surface area is 118 Å². The van der Waals surface area contributed by atoms with Crippen molar-refractivity contribution in [1.82, 2.24) is 9.97 Å². The first-order valence-electron chi connectivity index (χ1n) is 6.26. The summed E-state index contributed by atoms with van der Waals surface area (Å²) in [4.78, 5) is 8.42. The summed E-state index contributed by atoms with van der Waals surface area (Å²) >= 11 is 5.77. The molecule has 0 unspecified atom stereocenters. The van der Waals surface area contributed by atoms with Gasteiger partial charge in [0.1, 0.15) is 5.75 Å². The molecular formula is C15H17ClN2O. The molecule has 0 saturated carbocycles. The predicted molar refractivity (Wildman–Crippen MR) is 76.9 cm³/mol. The van der Waals surface area contributed by atoms with Crippen LogP contribution in [0.1, 0.15) is 36.6 Å². The van der Waals surface area contributed by atoms with Crippen LogP contribution in [-0.2, 0) is 5.88 Å². The number of nitrogens with zero attached hydrogens (tertiary/aromatic N) is 2. The van der Waals surface area contributed by atoms with Crippen LogP contribution < -0.4 is 4.74 Å². The number of aryl methyl sites for hydroxylation is 1. The summed E-state index contributed by atoms with van der Waals surface area (Å²) in [6, 6.07) is 8.33. The monoisotopic (exact) mass is 276 g/mol. The molecule has 3 nitrogen and oxygen atoms in total. The Balaban J connectivity index is 2.14. The van der Waals surface area contributed by atoms with Gasteiger partial charge in [-0.1, -0.05) is 26.0 Å². The Hall–Kier alpha value is -1.61. The van der Waals surface area contributed by atoms with Crippen LogP contribution in [0.15, 0.2) is 30.5 Å². The Bertz CT molecular complexity index is 553. The van der Waals surface area contributed by atoms with E-state index in [4.69, 9.17) is 16.3 Å². The summed E-state index contributed by atoms with van der Waals surface area (Å²) in [5, 5.41) is 0. The number of aromatic nitrogens is 2. The normalized spacial score (nSPS) is 10.8. The number of alkyl halides is 1. The van der Waals surface area contributed by atoms with Crippen molar-refractivity contribution in [2.24, 2.45) is 0 Å². The molecule has 1 heterocycles. The van der Waals surface area contributed by atoms with E-state index in [0.717, 1.165) is 17.0 Å². The molecule has 2 rings (SSSR count). The smallest absolute Gasteiger partial charge is 0.322 e. The predicted octanol–water partition coefficient (Wildman–Crippen LogP) is 4.44. The second-order valence-corrected chi connectivity index (χ2v) is 4.99. The van der Waals surface area contributed by atoms with Crippen LogP contribution in [0.3, 0.4) is 0 Å². The SMILES string of the molecule is Cc1nc(Oc2ccc(C(C)C)cc2)ncc1CCl. The van der Waals surface area contributed by atoms with Crippen molar-refractivity contribution in [2.45, 2.75) is 32.6 Å². The molecule has 0 bridgehead atoms. The zero-order valence-electron chi connectivity index (χ0n) is 11.4. The molecule has 1 aromatic carbocycles. The Morgan fingerprint density at radius 2 is 1.89 bits per heavy atom. The minimum atomic E-state index is 0.351. The summed E-state index contributed by atoms with van der Waals surface area (Å²) in [6.07, 6.45) is 1.70. The summed E-state index contributed by atoms with van der Waals surface area (Å²) in [6.45, 7) is 6.22. The highest BCUT2D eigenvalue weighted by Gasteiger charge is 2.05. The third-order valence-corrected chi connectivity index (χ3v) is 3.25. The zero-order chi connectivity index (χ0) is 13.8. The van der Waals surface area contributed by atoms with Crippen LogP contribution >= 0.6 is 11.6 Å². The van der Waals surface area contributed by atoms with Gasteiger partial charge in [0, 0.05) is 17.5 Å². The van der Waals surface area contributed by atoms with Crippen molar-refractivity contribution in [2.75, 3.05) is 0 Å². The zero-order valence-corrected chi connectivity index (χ0v) is 12.1. The molecule has 0 aliphatic rings. The molecule has 0 N–H and O–H groups in total. The highest BCUT2D eigenvalue weighted by atomic mass is 35.5. The van der Waals surface area contributed by atoms with E-state index in [2.05, 4.69) is 35.9 Å². The molecule has 0 radical (unpaired) electrons. The largest absolute Gasteiger partial charge is 0.424 e. The van der Waals surface area contributed by atoms with Gasteiger partial charge in [-0.3, -0.25) is 0 Å². The minimum absolute atomic E-state index is 0.351. The van der Waals surface area contributed by atoms with Crippen molar-refractivity contribution in [3.05, 3.63) is 47.3 Å². The summed E-state index contributed by atoms with van der Waals surface area (Å²) in [5.74, 6) is 1.66. The van der Waals surface area contributed by atoms with Crippen LogP contribution in [0, 0.1) is 6.92 Å². The molecular weight excluding hydrogens is 260 g/mol. The van der Waals surface area contributed by atoms with Crippen molar-refractivity contribution in [3.8, 4) is 11.8 Å². The van der Waals surface area contributed by atoms with Gasteiger partial charge < -0.3 is 4.74 Å². The molecule has 0 amide bonds. The third kappa shape index (κ3) is 3.44. The van der Waals surface area contributed by atoms with Gasteiger partial charge in [0.25, 0.3) is 0 Å². The van der Waals surface area contributed by atoms with E-state index >= 15 is 0 Å². The van der Waals surface area contributed by atoms with Gasteiger partial charge in [0.15, 0.2) is 0 Å². The van der Waals surface area contributed by atoms with Gasteiger partial charge in [-0.05, 0) is 30.5 Å². The highest BCUT2D eigenvalue weighted by Crippen LogP contribution is 2.22. The second-order valence-electron chi connectivity index (χ2n) is 4.72. The van der Waals surface area contributed by atoms with Gasteiger partial charge in [-0.2, -0.15) is 4.98 Å². The number of hydrogen-bond acceptors (Lipinski definition) is 3. The minimum Gasteiger partial charge on any atom is -0.424 e. The Morgan fingerprint density at radius 1 is 1.21 bits per heavy atom. The van der Waals surface area contributed by atoms with E-state index in [1.807, 2.05) is 19.1 Å². The number of ether oxygens (including phenoxy) is 1. The lowest BCUT2D eigenvalue weighted by Gasteiger charge is -2.08. The van der Waals surface area contributed by atoms with Crippen LogP contribution in [0.4, 0.5) is 0 Å². The third-order valence-electron chi connectivity index (χ3n) is 2.96. The molecule has 0 saturated heterocycles. The lowest BCUT2D eigenvalue weighted by Crippen LogP contribution is -1.97. The Kier molecular flexibility index (Phi) is 4.38. The van der Waals surface area contributed by atoms with Crippen molar-refractivity contribution < 1.29 is 4.74 Å². The molecule has 100 valence electrons. The average Bonchev–Trinajstić information content (AvgIpc) is 2.39. The number of hydrogen-bond donors (Lipinski definition) is 0. The Morgan fingerprint density at radius 3 is 2.42 bits per heavy atom. The van der Waals surface area contributed by atoms with Gasteiger partial charge >= 0.3 is 6.01 Å². The molecule has 0 fully saturated rings. The second kappa shape index (κ2) is 6.02. The fourth-order valence-corrected chi connectivity index (χ4v) is 1.94. The van der Waals surface area contributed by atoms with E-state index in [1.54, 1.807) is 6.20 Å². The maximum absolute atomic E-state index is 5.77. The fourth-order valence-electron chi connectivity index (χ4n) is 1.68. The van der Waals surface area contributed by atoms with E-state index in [9.17, 15) is 0 Å². The molecule has 2 aromatic rings. The molecule has 19 heavy (non-hydrogen) atoms. The molecule has 4 heteroatoms. The molecule has 0 aliphatic heterocycles. The highest BCUT2D eigenvalue weighted by molar-refractivity contribution is 6.17. The quantitative estimate of drug-likeness (QED) is 0.775. The maximum Gasteiger partial charge on any atom is 0.322 e. The van der Waals surface area contributed by atoms with Crippen LogP contribution in [0.25, 0.3) is 0 Å². The summed E-state index contributed by atoms with van der Waals surface area (Å²) in [7, 11) is 0. The van der Waals surface area contributed by atoms with Crippen LogP contribution in [0.5, 0.6) is 11.8 Å². The lowest BCUT2D eigenvalue weighted by atomic mass is 10.0. The van der Waals surface area contributed by atoms with E-state index < -0.39 is 0 Å². The van der Waals surface area contributed by atoms with Crippen LogP contribution in [0.2, 0.25) is 0 Å².